The van der Waals surface area contributed by atoms with Gasteiger partial charge in [0.05, 0.1) is 12.5 Å². The lowest BCUT2D eigenvalue weighted by Gasteiger charge is -2.21. The summed E-state index contributed by atoms with van der Waals surface area (Å²) in [6.45, 7) is 13.7. The molecule has 0 spiro atoms. The fourth-order valence-electron chi connectivity index (χ4n) is 1.64. The molecule has 2 nitrogen and oxygen atoms in total. The van der Waals surface area contributed by atoms with Gasteiger partial charge in [-0.05, 0) is 12.3 Å². The topological polar surface area (TPSA) is 26.3 Å². The van der Waals surface area contributed by atoms with Crippen LogP contribution in [-0.2, 0) is 9.53 Å². The van der Waals surface area contributed by atoms with Crippen LogP contribution in [0.15, 0.2) is 0 Å². The lowest BCUT2D eigenvalue weighted by atomic mass is 10.1. The molecule has 2 atom stereocenters. The molecule has 0 aromatic carbocycles. The van der Waals surface area contributed by atoms with Crippen molar-refractivity contribution in [2.75, 3.05) is 6.61 Å². The first-order valence-electron chi connectivity index (χ1n) is 5.93. The molecule has 0 N–H and O–H groups in total. The van der Waals surface area contributed by atoms with Crippen LogP contribution >= 0.6 is 0 Å². The van der Waals surface area contributed by atoms with Crippen LogP contribution < -0.4 is 0 Å². The van der Waals surface area contributed by atoms with Gasteiger partial charge in [0.2, 0.25) is 0 Å². The van der Waals surface area contributed by atoms with Gasteiger partial charge in [-0.15, -0.1) is 0 Å². The van der Waals surface area contributed by atoms with Crippen LogP contribution in [0, 0.1) is 11.8 Å². The molecule has 2 unspecified atom stereocenters. The first-order valence-corrected chi connectivity index (χ1v) is 9.63. The molecule has 90 valence electrons. The second-order valence-electron chi connectivity index (χ2n) is 5.81. The third kappa shape index (κ3) is 7.60. The van der Waals surface area contributed by atoms with Crippen molar-refractivity contribution >= 4 is 14.0 Å². The normalized spacial score (nSPS) is 15.9. The van der Waals surface area contributed by atoms with Crippen LogP contribution in [0.5, 0.6) is 0 Å². The minimum Gasteiger partial charge on any atom is -0.465 e. The lowest BCUT2D eigenvalue weighted by Crippen LogP contribution is -2.26. The first-order chi connectivity index (χ1) is 6.76. The number of rotatable bonds is 6. The van der Waals surface area contributed by atoms with E-state index in [1.165, 1.54) is 6.04 Å². The highest BCUT2D eigenvalue weighted by atomic mass is 28.3. The van der Waals surface area contributed by atoms with Crippen molar-refractivity contribution in [2.45, 2.75) is 52.9 Å². The molecule has 0 fully saturated rings. The second-order valence-corrected chi connectivity index (χ2v) is 11.3. The fraction of sp³-hybridized carbons (Fsp3) is 0.917. The van der Waals surface area contributed by atoms with Crippen LogP contribution in [0.2, 0.25) is 25.7 Å². The SMILES string of the molecule is CCC(C)C(=O)OCC(C)C[Si](C)(C)C. The molecule has 15 heavy (non-hydrogen) atoms. The average Bonchev–Trinajstić information content (AvgIpc) is 2.10. The molecule has 0 radical (unpaired) electrons. The largest absolute Gasteiger partial charge is 0.465 e. The van der Waals surface area contributed by atoms with Crippen LogP contribution in [0.1, 0.15) is 27.2 Å². The molecule has 0 aliphatic carbocycles. The summed E-state index contributed by atoms with van der Waals surface area (Å²) in [7, 11) is -1.02. The molecule has 3 heteroatoms. The standard InChI is InChI=1S/C12H26O2Si/c1-7-11(3)12(13)14-8-10(2)9-15(4,5)6/h10-11H,7-9H2,1-6H3. The summed E-state index contributed by atoms with van der Waals surface area (Å²) in [5.74, 6) is 0.508. The van der Waals surface area contributed by atoms with Gasteiger partial charge < -0.3 is 4.74 Å². The van der Waals surface area contributed by atoms with Crippen molar-refractivity contribution in [3.05, 3.63) is 0 Å². The highest BCUT2D eigenvalue weighted by Crippen LogP contribution is 2.17. The van der Waals surface area contributed by atoms with Crippen LogP contribution in [0.4, 0.5) is 0 Å². The maximum atomic E-state index is 11.4. The molecule has 0 aliphatic heterocycles. The van der Waals surface area contributed by atoms with E-state index < -0.39 is 8.07 Å². The number of hydrogen-bond donors (Lipinski definition) is 0. The highest BCUT2D eigenvalue weighted by Gasteiger charge is 2.19. The zero-order valence-corrected chi connectivity index (χ0v) is 12.1. The van der Waals surface area contributed by atoms with Gasteiger partial charge in [0, 0.05) is 8.07 Å². The van der Waals surface area contributed by atoms with Gasteiger partial charge in [-0.3, -0.25) is 4.79 Å². The van der Waals surface area contributed by atoms with Crippen molar-refractivity contribution in [1.29, 1.82) is 0 Å². The molecule has 0 saturated carbocycles. The van der Waals surface area contributed by atoms with E-state index in [9.17, 15) is 4.79 Å². The molecule has 0 aromatic rings. The number of hydrogen-bond acceptors (Lipinski definition) is 2. The van der Waals surface area contributed by atoms with Crippen molar-refractivity contribution in [2.24, 2.45) is 11.8 Å². The monoisotopic (exact) mass is 230 g/mol. The van der Waals surface area contributed by atoms with E-state index in [-0.39, 0.29) is 11.9 Å². The van der Waals surface area contributed by atoms with E-state index in [0.29, 0.717) is 12.5 Å². The average molecular weight is 230 g/mol. The lowest BCUT2D eigenvalue weighted by molar-refractivity contribution is -0.149. The number of carbonyl (C=O) groups is 1. The Morgan fingerprint density at radius 3 is 2.20 bits per heavy atom. The number of esters is 1. The smallest absolute Gasteiger partial charge is 0.308 e. The molecule has 0 aromatic heterocycles. The summed E-state index contributed by atoms with van der Waals surface area (Å²) >= 11 is 0. The molecule has 0 rings (SSSR count). The predicted molar refractivity (Wildman–Crippen MR) is 67.7 cm³/mol. The number of ether oxygens (including phenoxy) is 1. The summed E-state index contributed by atoms with van der Waals surface area (Å²) < 4.78 is 5.29. The van der Waals surface area contributed by atoms with E-state index in [4.69, 9.17) is 4.74 Å². The molecule has 0 aliphatic rings. The van der Waals surface area contributed by atoms with Crippen LogP contribution in [0.3, 0.4) is 0 Å². The quantitative estimate of drug-likeness (QED) is 0.515. The summed E-state index contributed by atoms with van der Waals surface area (Å²) in [6, 6.07) is 1.22. The van der Waals surface area contributed by atoms with Gasteiger partial charge in [-0.2, -0.15) is 0 Å². The van der Waals surface area contributed by atoms with Gasteiger partial charge in [0.1, 0.15) is 0 Å². The number of carbonyl (C=O) groups excluding carboxylic acids is 1. The van der Waals surface area contributed by atoms with Crippen molar-refractivity contribution in [3.8, 4) is 0 Å². The Morgan fingerprint density at radius 2 is 1.80 bits per heavy atom. The van der Waals surface area contributed by atoms with Crippen LogP contribution in [0.25, 0.3) is 0 Å². The van der Waals surface area contributed by atoms with Crippen molar-refractivity contribution < 1.29 is 9.53 Å². The molecular weight excluding hydrogens is 204 g/mol. The maximum Gasteiger partial charge on any atom is 0.308 e. The van der Waals surface area contributed by atoms with Crippen LogP contribution in [-0.4, -0.2) is 20.7 Å². The Morgan fingerprint density at radius 1 is 1.27 bits per heavy atom. The summed E-state index contributed by atoms with van der Waals surface area (Å²) in [6.07, 6.45) is 0.862. The van der Waals surface area contributed by atoms with Crippen molar-refractivity contribution in [3.63, 3.8) is 0 Å². The third-order valence-electron chi connectivity index (χ3n) is 2.49. The van der Waals surface area contributed by atoms with E-state index in [0.717, 1.165) is 6.42 Å². The second kappa shape index (κ2) is 6.31. The molecule has 0 heterocycles. The fourth-order valence-corrected chi connectivity index (χ4v) is 3.85. The minimum absolute atomic E-state index is 0.0417. The zero-order chi connectivity index (χ0) is 12.1. The Hall–Kier alpha value is -0.313. The Bertz CT molecular complexity index is 196. The third-order valence-corrected chi connectivity index (χ3v) is 4.41. The summed E-state index contributed by atoms with van der Waals surface area (Å²) in [4.78, 5) is 11.4. The molecule has 0 saturated heterocycles. The van der Waals surface area contributed by atoms with Gasteiger partial charge in [-0.25, -0.2) is 0 Å². The minimum atomic E-state index is -1.02. The molecular formula is C12H26O2Si. The first kappa shape index (κ1) is 14.7. The zero-order valence-electron chi connectivity index (χ0n) is 11.1. The van der Waals surface area contributed by atoms with Crippen molar-refractivity contribution in [1.82, 2.24) is 0 Å². The maximum absolute atomic E-state index is 11.4. The highest BCUT2D eigenvalue weighted by molar-refractivity contribution is 6.76. The summed E-state index contributed by atoms with van der Waals surface area (Å²) in [5.41, 5.74) is 0. The Balaban J connectivity index is 3.81. The van der Waals surface area contributed by atoms with E-state index in [1.807, 2.05) is 13.8 Å². The van der Waals surface area contributed by atoms with Gasteiger partial charge in [-0.1, -0.05) is 46.5 Å². The van der Waals surface area contributed by atoms with Gasteiger partial charge in [0.15, 0.2) is 0 Å². The van der Waals surface area contributed by atoms with E-state index in [1.54, 1.807) is 0 Å². The molecule has 0 amide bonds. The summed E-state index contributed by atoms with van der Waals surface area (Å²) in [5, 5.41) is 0. The Labute approximate surface area is 95.4 Å². The van der Waals surface area contributed by atoms with Gasteiger partial charge >= 0.3 is 5.97 Å². The van der Waals surface area contributed by atoms with Gasteiger partial charge in [0.25, 0.3) is 0 Å². The van der Waals surface area contributed by atoms with E-state index >= 15 is 0 Å². The predicted octanol–water partition coefficient (Wildman–Crippen LogP) is 3.55. The van der Waals surface area contributed by atoms with E-state index in [2.05, 4.69) is 26.6 Å². The Kier molecular flexibility index (Phi) is 6.18. The molecule has 0 bridgehead atoms.